The molecule has 1 fully saturated rings. The Kier molecular flexibility index (Phi) is 5.44. The van der Waals surface area contributed by atoms with Crippen molar-refractivity contribution >= 4 is 32.9 Å². The quantitative estimate of drug-likeness (QED) is 0.645. The molecule has 3 aromatic rings. The van der Waals surface area contributed by atoms with Gasteiger partial charge in [0, 0.05) is 45.1 Å². The lowest BCUT2D eigenvalue weighted by Crippen LogP contribution is -2.50. The number of thiophene rings is 1. The van der Waals surface area contributed by atoms with Crippen molar-refractivity contribution in [3.05, 3.63) is 53.8 Å². The third-order valence-corrected chi connectivity index (χ3v) is 7.50. The molecule has 4 heterocycles. The number of hydrogen-bond acceptors (Lipinski definition) is 6. The second-order valence-electron chi connectivity index (χ2n) is 6.61. The monoisotopic (exact) mass is 419 g/mol. The van der Waals surface area contributed by atoms with Gasteiger partial charge in [-0.15, -0.1) is 11.3 Å². The van der Waals surface area contributed by atoms with Gasteiger partial charge in [0.05, 0.1) is 12.2 Å². The average molecular weight is 420 g/mol. The number of nitrogens with zero attached hydrogens (tertiary/aromatic N) is 4. The predicted octanol–water partition coefficient (Wildman–Crippen LogP) is 1.02. The summed E-state index contributed by atoms with van der Waals surface area (Å²) < 4.78 is 28.8. The van der Waals surface area contributed by atoms with Gasteiger partial charge in [0.15, 0.2) is 0 Å². The summed E-state index contributed by atoms with van der Waals surface area (Å²) in [4.78, 5) is 20.9. The van der Waals surface area contributed by atoms with Crippen molar-refractivity contribution in [1.29, 1.82) is 0 Å². The largest absolute Gasteiger partial charge is 0.339 e. The van der Waals surface area contributed by atoms with Gasteiger partial charge in [0.1, 0.15) is 9.86 Å². The second kappa shape index (κ2) is 8.00. The minimum absolute atomic E-state index is 0.201. The number of imidazole rings is 1. The number of piperazine rings is 1. The number of aromatic nitrogens is 2. The third-order valence-electron chi connectivity index (χ3n) is 4.70. The summed E-state index contributed by atoms with van der Waals surface area (Å²) in [6, 6.07) is 9.09. The molecule has 0 aliphatic carbocycles. The molecule has 28 heavy (non-hydrogen) atoms. The van der Waals surface area contributed by atoms with Gasteiger partial charge in [-0.2, -0.15) is 0 Å². The standard InChI is InChI=1S/C18H21N5O3S2/c24-17(12-19-28(25,26)18-5-3-11-27-18)22-9-7-21(8-10-22)13-15-14-23-6-2-1-4-16(23)20-15/h1-6,11,14,19H,7-10,12-13H2. The van der Waals surface area contributed by atoms with Crippen LogP contribution in [0.1, 0.15) is 5.69 Å². The molecule has 148 valence electrons. The van der Waals surface area contributed by atoms with E-state index >= 15 is 0 Å². The highest BCUT2D eigenvalue weighted by Gasteiger charge is 2.23. The number of rotatable bonds is 6. The maximum atomic E-state index is 12.4. The Morgan fingerprint density at radius 1 is 1.14 bits per heavy atom. The van der Waals surface area contributed by atoms with Crippen LogP contribution in [0.25, 0.3) is 5.65 Å². The fourth-order valence-electron chi connectivity index (χ4n) is 3.20. The predicted molar refractivity (Wildman–Crippen MR) is 107 cm³/mol. The summed E-state index contributed by atoms with van der Waals surface area (Å²) in [6.07, 6.45) is 3.99. The molecule has 8 nitrogen and oxygen atoms in total. The van der Waals surface area contributed by atoms with E-state index in [2.05, 4.69) is 14.6 Å². The van der Waals surface area contributed by atoms with Crippen LogP contribution in [0, 0.1) is 0 Å². The van der Waals surface area contributed by atoms with Crippen LogP contribution in [0.3, 0.4) is 0 Å². The highest BCUT2D eigenvalue weighted by atomic mass is 32.2. The van der Waals surface area contributed by atoms with Gasteiger partial charge in [-0.1, -0.05) is 12.1 Å². The molecule has 0 atom stereocenters. The first-order valence-corrected chi connectivity index (χ1v) is 11.3. The number of carbonyl (C=O) groups excluding carboxylic acids is 1. The SMILES string of the molecule is O=C(CNS(=O)(=O)c1cccs1)N1CCN(Cc2cn3ccccc3n2)CC1. The van der Waals surface area contributed by atoms with Gasteiger partial charge in [-0.25, -0.2) is 18.1 Å². The van der Waals surface area contributed by atoms with Crippen molar-refractivity contribution in [2.75, 3.05) is 32.7 Å². The third kappa shape index (κ3) is 4.25. The zero-order valence-corrected chi connectivity index (χ0v) is 16.8. The molecule has 0 saturated carbocycles. The van der Waals surface area contributed by atoms with Crippen LogP contribution >= 0.6 is 11.3 Å². The Bertz CT molecular complexity index is 1020. The van der Waals surface area contributed by atoms with E-state index in [9.17, 15) is 13.2 Å². The minimum atomic E-state index is -3.61. The zero-order chi connectivity index (χ0) is 19.6. The molecule has 1 N–H and O–H groups in total. The van der Waals surface area contributed by atoms with Crippen LogP contribution in [0.4, 0.5) is 0 Å². The molecule has 1 aliphatic heterocycles. The van der Waals surface area contributed by atoms with Gasteiger partial charge >= 0.3 is 0 Å². The van der Waals surface area contributed by atoms with Gasteiger partial charge in [-0.3, -0.25) is 9.69 Å². The molecule has 1 saturated heterocycles. The summed E-state index contributed by atoms with van der Waals surface area (Å²) >= 11 is 1.13. The molecular formula is C18H21N5O3S2. The highest BCUT2D eigenvalue weighted by Crippen LogP contribution is 2.15. The smallest absolute Gasteiger partial charge is 0.250 e. The Morgan fingerprint density at radius 3 is 2.68 bits per heavy atom. The number of amides is 1. The van der Waals surface area contributed by atoms with Crippen molar-refractivity contribution in [3.63, 3.8) is 0 Å². The van der Waals surface area contributed by atoms with Crippen molar-refractivity contribution in [1.82, 2.24) is 23.9 Å². The number of hydrogen-bond donors (Lipinski definition) is 1. The van der Waals surface area contributed by atoms with E-state index in [4.69, 9.17) is 0 Å². The molecule has 0 unspecified atom stereocenters. The summed E-state index contributed by atoms with van der Waals surface area (Å²) in [5.41, 5.74) is 1.92. The lowest BCUT2D eigenvalue weighted by Gasteiger charge is -2.34. The Hall–Kier alpha value is -2.27. The van der Waals surface area contributed by atoms with Crippen LogP contribution in [0.5, 0.6) is 0 Å². The Labute approximate surface area is 167 Å². The number of carbonyl (C=O) groups is 1. The van der Waals surface area contributed by atoms with Crippen LogP contribution in [0.2, 0.25) is 0 Å². The molecule has 0 spiro atoms. The van der Waals surface area contributed by atoms with E-state index in [-0.39, 0.29) is 16.7 Å². The van der Waals surface area contributed by atoms with Crippen LogP contribution in [0.15, 0.2) is 52.3 Å². The number of pyridine rings is 1. The summed E-state index contributed by atoms with van der Waals surface area (Å²) in [7, 11) is -3.61. The lowest BCUT2D eigenvalue weighted by molar-refractivity contribution is -0.131. The van der Waals surface area contributed by atoms with Crippen molar-refractivity contribution in [3.8, 4) is 0 Å². The molecule has 0 bridgehead atoms. The van der Waals surface area contributed by atoms with E-state index in [0.29, 0.717) is 13.1 Å². The number of sulfonamides is 1. The number of fused-ring (bicyclic) bond motifs is 1. The number of nitrogens with one attached hydrogen (secondary N) is 1. The first-order chi connectivity index (χ1) is 13.5. The van der Waals surface area contributed by atoms with Crippen LogP contribution in [-0.4, -0.2) is 66.2 Å². The van der Waals surface area contributed by atoms with E-state index in [1.165, 1.54) is 6.07 Å². The molecule has 4 rings (SSSR count). The van der Waals surface area contributed by atoms with Gasteiger partial charge < -0.3 is 9.30 Å². The minimum Gasteiger partial charge on any atom is -0.339 e. The van der Waals surface area contributed by atoms with Crippen LogP contribution in [-0.2, 0) is 21.4 Å². The average Bonchev–Trinajstić information content (AvgIpc) is 3.36. The van der Waals surface area contributed by atoms with E-state index in [1.807, 2.05) is 35.0 Å². The van der Waals surface area contributed by atoms with Crippen LogP contribution < -0.4 is 4.72 Å². The molecule has 1 amide bonds. The molecule has 0 radical (unpaired) electrons. The maximum Gasteiger partial charge on any atom is 0.250 e. The Balaban J connectivity index is 1.27. The van der Waals surface area contributed by atoms with E-state index < -0.39 is 10.0 Å². The van der Waals surface area contributed by atoms with Gasteiger partial charge in [0.2, 0.25) is 5.91 Å². The first-order valence-electron chi connectivity index (χ1n) is 8.97. The molecule has 3 aromatic heterocycles. The Morgan fingerprint density at radius 2 is 1.96 bits per heavy atom. The van der Waals surface area contributed by atoms with Gasteiger partial charge in [-0.05, 0) is 23.6 Å². The molecule has 10 heteroatoms. The molecular weight excluding hydrogens is 398 g/mol. The molecule has 1 aliphatic rings. The molecule has 0 aromatic carbocycles. The fraction of sp³-hybridized carbons (Fsp3) is 0.333. The van der Waals surface area contributed by atoms with Gasteiger partial charge in [0.25, 0.3) is 10.0 Å². The zero-order valence-electron chi connectivity index (χ0n) is 15.2. The van der Waals surface area contributed by atoms with E-state index in [0.717, 1.165) is 42.3 Å². The normalized spacial score (nSPS) is 15.9. The van der Waals surface area contributed by atoms with Crippen molar-refractivity contribution in [2.24, 2.45) is 0 Å². The van der Waals surface area contributed by atoms with Crippen molar-refractivity contribution < 1.29 is 13.2 Å². The summed E-state index contributed by atoms with van der Waals surface area (Å²) in [5.74, 6) is -0.201. The highest BCUT2D eigenvalue weighted by molar-refractivity contribution is 7.91. The van der Waals surface area contributed by atoms with E-state index in [1.54, 1.807) is 16.3 Å². The summed E-state index contributed by atoms with van der Waals surface area (Å²) in [5, 5.41) is 1.69. The van der Waals surface area contributed by atoms with Crippen molar-refractivity contribution in [2.45, 2.75) is 10.8 Å². The summed E-state index contributed by atoms with van der Waals surface area (Å²) in [6.45, 7) is 3.13. The fourth-order valence-corrected chi connectivity index (χ4v) is 5.22. The topological polar surface area (TPSA) is 87.0 Å². The first kappa shape index (κ1) is 19.1. The maximum absolute atomic E-state index is 12.4. The lowest BCUT2D eigenvalue weighted by atomic mass is 10.3. The second-order valence-corrected chi connectivity index (χ2v) is 9.55.